The molecule has 0 bridgehead atoms. The highest BCUT2D eigenvalue weighted by atomic mass is 127. The first-order valence-corrected chi connectivity index (χ1v) is 10.7. The highest BCUT2D eigenvalue weighted by Crippen LogP contribution is 2.24. The Labute approximate surface area is 196 Å². The van der Waals surface area contributed by atoms with E-state index in [4.69, 9.17) is 26.1 Å². The fourth-order valence-corrected chi connectivity index (χ4v) is 4.04. The van der Waals surface area contributed by atoms with Gasteiger partial charge in [-0.2, -0.15) is 0 Å². The van der Waals surface area contributed by atoms with Crippen molar-refractivity contribution in [3.8, 4) is 5.75 Å². The van der Waals surface area contributed by atoms with Crippen LogP contribution in [0, 0.1) is 5.92 Å². The number of likely N-dealkylation sites (tertiary alicyclic amines) is 1. The second-order valence-electron chi connectivity index (χ2n) is 7.60. The summed E-state index contributed by atoms with van der Waals surface area (Å²) in [5.41, 5.74) is 1.03. The maximum Gasteiger partial charge on any atom is 0.191 e. The molecule has 1 aromatic rings. The van der Waals surface area contributed by atoms with Crippen LogP contribution in [0.3, 0.4) is 0 Å². The molecule has 1 atom stereocenters. The Balaban J connectivity index is 0.00000300. The Morgan fingerprint density at radius 2 is 2.10 bits per heavy atom. The van der Waals surface area contributed by atoms with E-state index < -0.39 is 0 Å². The molecule has 0 spiro atoms. The lowest BCUT2D eigenvalue weighted by Crippen LogP contribution is -2.49. The Kier molecular flexibility index (Phi) is 10.8. The van der Waals surface area contributed by atoms with Gasteiger partial charge in [0.25, 0.3) is 0 Å². The minimum atomic E-state index is 0. The van der Waals surface area contributed by atoms with Crippen LogP contribution in [0.25, 0.3) is 0 Å². The molecule has 2 aliphatic heterocycles. The molecule has 2 N–H and O–H groups in total. The third kappa shape index (κ3) is 7.77. The van der Waals surface area contributed by atoms with Crippen molar-refractivity contribution in [1.29, 1.82) is 0 Å². The van der Waals surface area contributed by atoms with Crippen LogP contribution < -0.4 is 15.4 Å². The lowest BCUT2D eigenvalue weighted by Gasteiger charge is -2.34. The second kappa shape index (κ2) is 12.8. The number of rotatable bonds is 7. The van der Waals surface area contributed by atoms with Gasteiger partial charge >= 0.3 is 0 Å². The fourth-order valence-electron chi connectivity index (χ4n) is 3.88. The summed E-state index contributed by atoms with van der Waals surface area (Å²) in [5, 5.41) is 7.64. The van der Waals surface area contributed by atoms with Gasteiger partial charge in [-0.1, -0.05) is 17.7 Å². The highest BCUT2D eigenvalue weighted by molar-refractivity contribution is 14.0. The lowest BCUT2D eigenvalue weighted by molar-refractivity contribution is 0.150. The summed E-state index contributed by atoms with van der Waals surface area (Å²) in [6.07, 6.45) is 3.49. The van der Waals surface area contributed by atoms with E-state index in [0.29, 0.717) is 17.6 Å². The average Bonchev–Trinajstić information content (AvgIpc) is 3.21. The van der Waals surface area contributed by atoms with Gasteiger partial charge in [0, 0.05) is 49.4 Å². The largest absolute Gasteiger partial charge is 0.496 e. The van der Waals surface area contributed by atoms with Crippen LogP contribution in [-0.2, 0) is 11.3 Å². The predicted octanol–water partition coefficient (Wildman–Crippen LogP) is 3.52. The quantitative estimate of drug-likeness (QED) is 0.317. The van der Waals surface area contributed by atoms with Crippen LogP contribution in [-0.4, -0.2) is 63.4 Å². The summed E-state index contributed by atoms with van der Waals surface area (Å²) in [7, 11) is 1.66. The van der Waals surface area contributed by atoms with Crippen LogP contribution in [0.1, 0.15) is 31.7 Å². The van der Waals surface area contributed by atoms with Crippen molar-refractivity contribution in [2.24, 2.45) is 10.9 Å². The number of nitrogens with one attached hydrogen (secondary N) is 2. The van der Waals surface area contributed by atoms with Crippen LogP contribution in [0.5, 0.6) is 5.75 Å². The Morgan fingerprint density at radius 3 is 2.76 bits per heavy atom. The molecule has 1 unspecified atom stereocenters. The van der Waals surface area contributed by atoms with Crippen LogP contribution in [0.15, 0.2) is 23.2 Å². The van der Waals surface area contributed by atoms with Crippen LogP contribution in [0.2, 0.25) is 5.02 Å². The van der Waals surface area contributed by atoms with Crippen molar-refractivity contribution in [1.82, 2.24) is 15.5 Å². The molecule has 6 nitrogen and oxygen atoms in total. The summed E-state index contributed by atoms with van der Waals surface area (Å²) < 4.78 is 10.9. The van der Waals surface area contributed by atoms with E-state index in [1.54, 1.807) is 7.11 Å². The Hall–Kier alpha value is -0.770. The molecular formula is C21H34ClIN4O2. The van der Waals surface area contributed by atoms with Gasteiger partial charge in [0.1, 0.15) is 5.75 Å². The van der Waals surface area contributed by atoms with Gasteiger partial charge < -0.3 is 25.0 Å². The maximum absolute atomic E-state index is 6.05. The summed E-state index contributed by atoms with van der Waals surface area (Å²) in [4.78, 5) is 7.34. The van der Waals surface area contributed by atoms with Crippen LogP contribution in [0.4, 0.5) is 0 Å². The summed E-state index contributed by atoms with van der Waals surface area (Å²) in [6.45, 7) is 8.80. The molecule has 164 valence electrons. The minimum Gasteiger partial charge on any atom is -0.496 e. The number of ether oxygens (including phenoxy) is 2. The topological polar surface area (TPSA) is 58.1 Å². The van der Waals surface area contributed by atoms with Gasteiger partial charge in [0.2, 0.25) is 0 Å². The smallest absolute Gasteiger partial charge is 0.191 e. The van der Waals surface area contributed by atoms with Crippen molar-refractivity contribution >= 4 is 41.5 Å². The normalized spacial score (nSPS) is 20.9. The number of aliphatic imine (C=N–C) groups is 1. The predicted molar refractivity (Wildman–Crippen MR) is 130 cm³/mol. The molecule has 2 aliphatic rings. The van der Waals surface area contributed by atoms with Crippen LogP contribution >= 0.6 is 35.6 Å². The number of halogens is 2. The molecule has 0 amide bonds. The van der Waals surface area contributed by atoms with Gasteiger partial charge in [-0.25, -0.2) is 4.99 Å². The average molecular weight is 537 g/mol. The number of nitrogens with zero attached hydrogens (tertiary/aromatic N) is 2. The molecule has 0 aliphatic carbocycles. The zero-order chi connectivity index (χ0) is 19.8. The van der Waals surface area contributed by atoms with Gasteiger partial charge in [0.15, 0.2) is 5.96 Å². The molecule has 8 heteroatoms. The third-order valence-electron chi connectivity index (χ3n) is 5.47. The molecule has 0 saturated carbocycles. The first kappa shape index (κ1) is 24.5. The fraction of sp³-hybridized carbons (Fsp3) is 0.667. The minimum absolute atomic E-state index is 0. The van der Waals surface area contributed by atoms with E-state index in [1.807, 2.05) is 18.2 Å². The van der Waals surface area contributed by atoms with E-state index in [9.17, 15) is 0 Å². The number of piperidine rings is 1. The van der Waals surface area contributed by atoms with Crippen molar-refractivity contribution in [2.75, 3.05) is 46.5 Å². The van der Waals surface area contributed by atoms with Crippen molar-refractivity contribution in [2.45, 2.75) is 38.8 Å². The first-order chi connectivity index (χ1) is 13.7. The SMILES string of the molecule is CCNC(=NCc1ccc(Cl)cc1OC)NC1CCN(CC2CCOC2)CC1.I. The van der Waals surface area contributed by atoms with E-state index in [-0.39, 0.29) is 24.0 Å². The monoisotopic (exact) mass is 536 g/mol. The lowest BCUT2D eigenvalue weighted by atomic mass is 10.0. The zero-order valence-electron chi connectivity index (χ0n) is 17.5. The first-order valence-electron chi connectivity index (χ1n) is 10.3. The molecule has 2 saturated heterocycles. The Morgan fingerprint density at radius 1 is 1.31 bits per heavy atom. The zero-order valence-corrected chi connectivity index (χ0v) is 20.5. The number of guanidine groups is 1. The number of methoxy groups -OCH3 is 1. The summed E-state index contributed by atoms with van der Waals surface area (Å²) >= 11 is 6.05. The van der Waals surface area contributed by atoms with Gasteiger partial charge in [-0.3, -0.25) is 0 Å². The summed E-state index contributed by atoms with van der Waals surface area (Å²) in [5.74, 6) is 2.36. The number of hydrogen-bond donors (Lipinski definition) is 2. The highest BCUT2D eigenvalue weighted by Gasteiger charge is 2.24. The van der Waals surface area contributed by atoms with E-state index >= 15 is 0 Å². The molecule has 0 radical (unpaired) electrons. The molecule has 1 aromatic carbocycles. The Bertz CT molecular complexity index is 648. The van der Waals surface area contributed by atoms with Gasteiger partial charge in [-0.15, -0.1) is 24.0 Å². The molecule has 2 fully saturated rings. The molecule has 0 aromatic heterocycles. The van der Waals surface area contributed by atoms with Gasteiger partial charge in [0.05, 0.1) is 20.3 Å². The molecule has 29 heavy (non-hydrogen) atoms. The number of hydrogen-bond acceptors (Lipinski definition) is 4. The van der Waals surface area contributed by atoms with Crippen molar-refractivity contribution < 1.29 is 9.47 Å². The van der Waals surface area contributed by atoms with E-state index in [1.165, 1.54) is 13.0 Å². The standard InChI is InChI=1S/C21H33ClN4O2.HI/c1-3-23-21(24-13-17-4-5-18(22)12-20(17)27-2)25-19-6-9-26(10-7-19)14-16-8-11-28-15-16;/h4-5,12,16,19H,3,6-11,13-15H2,1-2H3,(H2,23,24,25);1H. The van der Waals surface area contributed by atoms with Crippen molar-refractivity contribution in [3.05, 3.63) is 28.8 Å². The van der Waals surface area contributed by atoms with E-state index in [0.717, 1.165) is 68.9 Å². The second-order valence-corrected chi connectivity index (χ2v) is 8.04. The summed E-state index contributed by atoms with van der Waals surface area (Å²) in [6, 6.07) is 6.14. The third-order valence-corrected chi connectivity index (χ3v) is 5.70. The number of benzene rings is 1. The van der Waals surface area contributed by atoms with Crippen molar-refractivity contribution in [3.63, 3.8) is 0 Å². The molecule has 2 heterocycles. The molecule has 3 rings (SSSR count). The van der Waals surface area contributed by atoms with E-state index in [2.05, 4.69) is 22.5 Å². The maximum atomic E-state index is 6.05. The van der Waals surface area contributed by atoms with Gasteiger partial charge in [-0.05, 0) is 44.2 Å². The molecular weight excluding hydrogens is 503 g/mol.